The Hall–Kier alpha value is -2.32. The summed E-state index contributed by atoms with van der Waals surface area (Å²) in [6.45, 7) is 2.06. The van der Waals surface area contributed by atoms with Crippen LogP contribution in [0.5, 0.6) is 0 Å². The summed E-state index contributed by atoms with van der Waals surface area (Å²) in [5.74, 6) is 1.42. The van der Waals surface area contributed by atoms with Gasteiger partial charge in [0.15, 0.2) is 0 Å². The van der Waals surface area contributed by atoms with E-state index in [0.717, 1.165) is 29.9 Å². The molecule has 1 amide bonds. The zero-order chi connectivity index (χ0) is 17.6. The molecule has 128 valence electrons. The minimum absolute atomic E-state index is 0.0108. The number of aromatic nitrogens is 1. The minimum Gasteiger partial charge on any atom is -0.331 e. The molecule has 5 heteroatoms. The molecule has 0 N–H and O–H groups in total. The average molecular weight is 351 g/mol. The standard InChI is InChI=1S/C20H21N3OS/c1-15(19-4-2-3-11-22-19)23(18-9-10-18)20(24)14-25-13-17-7-5-16(12-21)6-8-17/h2-8,11,15,18H,9-10,13-14H2,1H3. The van der Waals surface area contributed by atoms with E-state index in [0.29, 0.717) is 17.4 Å². The summed E-state index contributed by atoms with van der Waals surface area (Å²) in [6.07, 6.45) is 3.95. The van der Waals surface area contributed by atoms with Crippen molar-refractivity contribution in [3.05, 3.63) is 65.5 Å². The van der Waals surface area contributed by atoms with Crippen molar-refractivity contribution < 1.29 is 4.79 Å². The first kappa shape index (κ1) is 17.5. The van der Waals surface area contributed by atoms with Gasteiger partial charge in [0.1, 0.15) is 0 Å². The third-order valence-electron chi connectivity index (χ3n) is 4.34. The van der Waals surface area contributed by atoms with Crippen LogP contribution in [0.3, 0.4) is 0 Å². The molecule has 25 heavy (non-hydrogen) atoms. The van der Waals surface area contributed by atoms with Gasteiger partial charge in [0, 0.05) is 18.0 Å². The van der Waals surface area contributed by atoms with Gasteiger partial charge in [0.2, 0.25) is 5.91 Å². The number of nitrogens with zero attached hydrogens (tertiary/aromatic N) is 3. The molecule has 2 aromatic rings. The van der Waals surface area contributed by atoms with Crippen molar-refractivity contribution in [3.63, 3.8) is 0 Å². The van der Waals surface area contributed by atoms with E-state index < -0.39 is 0 Å². The topological polar surface area (TPSA) is 57.0 Å². The van der Waals surface area contributed by atoms with Gasteiger partial charge in [-0.3, -0.25) is 9.78 Å². The molecular formula is C20H21N3OS. The third kappa shape index (κ3) is 4.61. The van der Waals surface area contributed by atoms with E-state index in [1.807, 2.05) is 47.4 Å². The molecule has 1 saturated carbocycles. The first-order chi connectivity index (χ1) is 12.2. The van der Waals surface area contributed by atoms with Gasteiger partial charge < -0.3 is 4.90 Å². The summed E-state index contributed by atoms with van der Waals surface area (Å²) in [7, 11) is 0. The highest BCUT2D eigenvalue weighted by Crippen LogP contribution is 2.34. The Bertz CT molecular complexity index is 751. The van der Waals surface area contributed by atoms with E-state index in [2.05, 4.69) is 18.0 Å². The average Bonchev–Trinajstić information content (AvgIpc) is 3.48. The molecule has 0 aliphatic heterocycles. The molecule has 0 saturated heterocycles. The van der Waals surface area contributed by atoms with Crippen LogP contribution in [0.15, 0.2) is 48.7 Å². The number of amides is 1. The zero-order valence-electron chi connectivity index (χ0n) is 14.3. The van der Waals surface area contributed by atoms with E-state index in [9.17, 15) is 4.79 Å². The SMILES string of the molecule is CC(c1ccccn1)N(C(=O)CSCc1ccc(C#N)cc1)C1CC1. The Morgan fingerprint density at radius 1 is 1.32 bits per heavy atom. The van der Waals surface area contributed by atoms with E-state index in [1.165, 1.54) is 0 Å². The van der Waals surface area contributed by atoms with Crippen LogP contribution in [0, 0.1) is 11.3 Å². The van der Waals surface area contributed by atoms with Crippen LogP contribution >= 0.6 is 11.8 Å². The lowest BCUT2D eigenvalue weighted by Crippen LogP contribution is -2.37. The molecule has 1 unspecified atom stereocenters. The second-order valence-electron chi connectivity index (χ2n) is 6.26. The van der Waals surface area contributed by atoms with Crippen molar-refractivity contribution in [2.24, 2.45) is 0 Å². The molecule has 1 aliphatic carbocycles. The molecule has 4 nitrogen and oxygen atoms in total. The Labute approximate surface area is 152 Å². The number of thioether (sulfide) groups is 1. The molecule has 1 heterocycles. The second-order valence-corrected chi connectivity index (χ2v) is 7.25. The number of rotatable bonds is 7. The molecule has 0 spiro atoms. The number of carbonyl (C=O) groups excluding carboxylic acids is 1. The van der Waals surface area contributed by atoms with E-state index in [-0.39, 0.29) is 11.9 Å². The van der Waals surface area contributed by atoms with Gasteiger partial charge in [-0.05, 0) is 49.6 Å². The van der Waals surface area contributed by atoms with Crippen molar-refractivity contribution in [3.8, 4) is 6.07 Å². The highest BCUT2D eigenvalue weighted by molar-refractivity contribution is 7.99. The molecule has 1 aliphatic rings. The smallest absolute Gasteiger partial charge is 0.233 e. The van der Waals surface area contributed by atoms with Crippen molar-refractivity contribution in [2.45, 2.75) is 37.6 Å². The van der Waals surface area contributed by atoms with Gasteiger partial charge in [-0.15, -0.1) is 11.8 Å². The van der Waals surface area contributed by atoms with E-state index in [1.54, 1.807) is 18.0 Å². The maximum Gasteiger partial charge on any atom is 0.233 e. The van der Waals surface area contributed by atoms with Crippen molar-refractivity contribution in [1.82, 2.24) is 9.88 Å². The van der Waals surface area contributed by atoms with Crippen LogP contribution in [0.1, 0.15) is 42.6 Å². The Kier molecular flexibility index (Phi) is 5.72. The van der Waals surface area contributed by atoms with Crippen molar-refractivity contribution in [1.29, 1.82) is 5.26 Å². The van der Waals surface area contributed by atoms with Crippen LogP contribution in [-0.2, 0) is 10.5 Å². The normalized spacial score (nSPS) is 14.6. The molecule has 1 fully saturated rings. The first-order valence-corrected chi connectivity index (χ1v) is 9.63. The zero-order valence-corrected chi connectivity index (χ0v) is 15.1. The van der Waals surface area contributed by atoms with E-state index >= 15 is 0 Å². The van der Waals surface area contributed by atoms with Crippen molar-refractivity contribution >= 4 is 17.7 Å². The fourth-order valence-electron chi connectivity index (χ4n) is 2.86. The van der Waals surface area contributed by atoms with Gasteiger partial charge in [0.25, 0.3) is 0 Å². The molecule has 0 radical (unpaired) electrons. The summed E-state index contributed by atoms with van der Waals surface area (Å²) >= 11 is 1.62. The van der Waals surface area contributed by atoms with Crippen LogP contribution < -0.4 is 0 Å². The van der Waals surface area contributed by atoms with Gasteiger partial charge in [-0.1, -0.05) is 18.2 Å². The lowest BCUT2D eigenvalue weighted by atomic mass is 10.1. The molecular weight excluding hydrogens is 330 g/mol. The predicted octanol–water partition coefficient (Wildman–Crippen LogP) is 3.94. The molecule has 1 aromatic heterocycles. The van der Waals surface area contributed by atoms with Crippen molar-refractivity contribution in [2.75, 3.05) is 5.75 Å². The van der Waals surface area contributed by atoms with Crippen LogP contribution in [0.25, 0.3) is 0 Å². The van der Waals surface area contributed by atoms with E-state index in [4.69, 9.17) is 5.26 Å². The summed E-state index contributed by atoms with van der Waals surface area (Å²) in [5.41, 5.74) is 2.74. The Morgan fingerprint density at radius 2 is 2.08 bits per heavy atom. The molecule has 1 aromatic carbocycles. The molecule has 0 bridgehead atoms. The summed E-state index contributed by atoms with van der Waals surface area (Å²) in [6, 6.07) is 15.9. The number of carbonyl (C=O) groups is 1. The van der Waals surface area contributed by atoms with Gasteiger partial charge in [-0.2, -0.15) is 5.26 Å². The monoisotopic (exact) mass is 351 g/mol. The Morgan fingerprint density at radius 3 is 2.68 bits per heavy atom. The summed E-state index contributed by atoms with van der Waals surface area (Å²) in [4.78, 5) is 19.2. The number of hydrogen-bond acceptors (Lipinski definition) is 4. The van der Waals surface area contributed by atoms with Gasteiger partial charge in [-0.25, -0.2) is 0 Å². The number of hydrogen-bond donors (Lipinski definition) is 0. The molecule has 1 atom stereocenters. The highest BCUT2D eigenvalue weighted by Gasteiger charge is 2.36. The maximum absolute atomic E-state index is 12.8. The van der Waals surface area contributed by atoms with Crippen LogP contribution in [-0.4, -0.2) is 27.6 Å². The van der Waals surface area contributed by atoms with Crippen LogP contribution in [0.4, 0.5) is 0 Å². The number of benzene rings is 1. The Balaban J connectivity index is 1.57. The largest absolute Gasteiger partial charge is 0.331 e. The van der Waals surface area contributed by atoms with Crippen LogP contribution in [0.2, 0.25) is 0 Å². The minimum atomic E-state index is 0.0108. The second kappa shape index (κ2) is 8.17. The summed E-state index contributed by atoms with van der Waals surface area (Å²) < 4.78 is 0. The maximum atomic E-state index is 12.8. The quantitative estimate of drug-likeness (QED) is 0.758. The highest BCUT2D eigenvalue weighted by atomic mass is 32.2. The predicted molar refractivity (Wildman–Crippen MR) is 99.8 cm³/mol. The van der Waals surface area contributed by atoms with Gasteiger partial charge >= 0.3 is 0 Å². The lowest BCUT2D eigenvalue weighted by Gasteiger charge is -2.29. The fourth-order valence-corrected chi connectivity index (χ4v) is 3.71. The third-order valence-corrected chi connectivity index (χ3v) is 5.33. The molecule has 3 rings (SSSR count). The lowest BCUT2D eigenvalue weighted by molar-refractivity contribution is -0.131. The first-order valence-electron chi connectivity index (χ1n) is 8.48. The van der Waals surface area contributed by atoms with Gasteiger partial charge in [0.05, 0.1) is 29.1 Å². The number of pyridine rings is 1. The fraction of sp³-hybridized carbons (Fsp3) is 0.350. The number of nitriles is 1. The summed E-state index contributed by atoms with van der Waals surface area (Å²) in [5, 5.41) is 8.83.